The SMILES string of the molecule is C[C@H]1C[C@]2(CCN1Cc1cccc(I)c1)C(=O)NC(=O)N2c1cccc(F)c1. The van der Waals surface area contributed by atoms with Crippen LogP contribution in [-0.2, 0) is 11.3 Å². The fourth-order valence-electron chi connectivity index (χ4n) is 4.33. The molecule has 2 fully saturated rings. The van der Waals surface area contributed by atoms with Crippen LogP contribution in [0.3, 0.4) is 0 Å². The largest absolute Gasteiger partial charge is 0.329 e. The topological polar surface area (TPSA) is 52.7 Å². The van der Waals surface area contributed by atoms with Crippen molar-refractivity contribution in [1.82, 2.24) is 10.2 Å². The molecule has 0 radical (unpaired) electrons. The molecule has 2 aliphatic rings. The van der Waals surface area contributed by atoms with Crippen molar-refractivity contribution in [3.63, 3.8) is 0 Å². The number of nitrogens with one attached hydrogen (secondary N) is 1. The van der Waals surface area contributed by atoms with E-state index in [-0.39, 0.29) is 11.9 Å². The van der Waals surface area contributed by atoms with Crippen LogP contribution in [0.4, 0.5) is 14.9 Å². The number of benzene rings is 2. The zero-order valence-corrected chi connectivity index (χ0v) is 17.6. The predicted molar refractivity (Wildman–Crippen MR) is 113 cm³/mol. The Labute approximate surface area is 177 Å². The number of halogens is 2. The van der Waals surface area contributed by atoms with Gasteiger partial charge in [-0.3, -0.25) is 19.9 Å². The van der Waals surface area contributed by atoms with E-state index < -0.39 is 17.4 Å². The van der Waals surface area contributed by atoms with Crippen LogP contribution in [0.5, 0.6) is 0 Å². The van der Waals surface area contributed by atoms with Crippen molar-refractivity contribution < 1.29 is 14.0 Å². The molecule has 2 aromatic carbocycles. The van der Waals surface area contributed by atoms with Gasteiger partial charge in [0.25, 0.3) is 5.91 Å². The van der Waals surface area contributed by atoms with Crippen LogP contribution in [0.2, 0.25) is 0 Å². The average molecular weight is 493 g/mol. The number of likely N-dealkylation sites (tertiary alicyclic amines) is 1. The lowest BCUT2D eigenvalue weighted by molar-refractivity contribution is -0.125. The Morgan fingerprint density at radius 3 is 2.71 bits per heavy atom. The van der Waals surface area contributed by atoms with Crippen molar-refractivity contribution in [2.45, 2.75) is 37.9 Å². The molecule has 0 aliphatic carbocycles. The van der Waals surface area contributed by atoms with E-state index >= 15 is 0 Å². The molecule has 0 aromatic heterocycles. The summed E-state index contributed by atoms with van der Waals surface area (Å²) in [4.78, 5) is 29.1. The summed E-state index contributed by atoms with van der Waals surface area (Å²) in [6, 6.07) is 13.9. The number of amides is 3. The second kappa shape index (κ2) is 7.44. The molecule has 5 nitrogen and oxygen atoms in total. The van der Waals surface area contributed by atoms with Gasteiger partial charge in [-0.25, -0.2) is 9.18 Å². The van der Waals surface area contributed by atoms with Gasteiger partial charge >= 0.3 is 6.03 Å². The van der Waals surface area contributed by atoms with Gasteiger partial charge in [0, 0.05) is 28.4 Å². The van der Waals surface area contributed by atoms with Gasteiger partial charge in [-0.05, 0) is 78.3 Å². The van der Waals surface area contributed by atoms with Gasteiger partial charge in [0.2, 0.25) is 0 Å². The lowest BCUT2D eigenvalue weighted by atomic mass is 9.81. The van der Waals surface area contributed by atoms with Crippen LogP contribution >= 0.6 is 22.6 Å². The summed E-state index contributed by atoms with van der Waals surface area (Å²) in [6.45, 7) is 3.55. The summed E-state index contributed by atoms with van der Waals surface area (Å²) in [6.07, 6.45) is 1.01. The number of carbonyl (C=O) groups excluding carboxylic acids is 2. The van der Waals surface area contributed by atoms with E-state index in [9.17, 15) is 14.0 Å². The van der Waals surface area contributed by atoms with E-state index in [1.54, 1.807) is 12.1 Å². The smallest absolute Gasteiger partial charge is 0.296 e. The normalized spacial score (nSPS) is 25.4. The number of hydrogen-bond acceptors (Lipinski definition) is 3. The van der Waals surface area contributed by atoms with E-state index in [1.165, 1.54) is 26.2 Å². The molecule has 146 valence electrons. The van der Waals surface area contributed by atoms with Crippen LogP contribution in [0, 0.1) is 9.39 Å². The van der Waals surface area contributed by atoms with Gasteiger partial charge in [-0.1, -0.05) is 18.2 Å². The molecular formula is C21H21FIN3O2. The zero-order chi connectivity index (χ0) is 19.9. The first-order valence-corrected chi connectivity index (χ1v) is 10.4. The Morgan fingerprint density at radius 1 is 1.21 bits per heavy atom. The van der Waals surface area contributed by atoms with E-state index in [1.807, 2.05) is 6.07 Å². The number of urea groups is 1. The highest BCUT2D eigenvalue weighted by molar-refractivity contribution is 14.1. The van der Waals surface area contributed by atoms with Crippen molar-refractivity contribution in [3.8, 4) is 0 Å². The third-order valence-electron chi connectivity index (χ3n) is 5.68. The number of carbonyl (C=O) groups is 2. The van der Waals surface area contributed by atoms with Crippen molar-refractivity contribution in [2.24, 2.45) is 0 Å². The van der Waals surface area contributed by atoms with Crippen LogP contribution in [-0.4, -0.2) is 35.0 Å². The standard InChI is InChI=1S/C21H21FIN3O2/c1-14-12-21(8-9-25(14)13-15-4-2-6-17(23)10-15)19(27)24-20(28)26(21)18-7-3-5-16(22)11-18/h2-7,10-11,14H,8-9,12-13H2,1H3,(H,24,27,28)/t14-,21+/m0/s1. The maximum Gasteiger partial charge on any atom is 0.329 e. The first-order chi connectivity index (χ1) is 13.4. The Morgan fingerprint density at radius 2 is 2.00 bits per heavy atom. The minimum Gasteiger partial charge on any atom is -0.296 e. The summed E-state index contributed by atoms with van der Waals surface area (Å²) in [5.74, 6) is -0.716. The van der Waals surface area contributed by atoms with E-state index in [0.29, 0.717) is 25.1 Å². The minimum absolute atomic E-state index is 0.0966. The maximum atomic E-state index is 13.8. The maximum absolute atomic E-state index is 13.8. The van der Waals surface area contributed by atoms with Crippen molar-refractivity contribution >= 4 is 40.2 Å². The number of nitrogens with zero attached hydrogens (tertiary/aromatic N) is 2. The molecule has 3 amide bonds. The average Bonchev–Trinajstić information content (AvgIpc) is 2.87. The number of anilines is 1. The van der Waals surface area contributed by atoms with Crippen LogP contribution < -0.4 is 10.2 Å². The minimum atomic E-state index is -0.966. The van der Waals surface area contributed by atoms with E-state index in [0.717, 1.165) is 6.54 Å². The van der Waals surface area contributed by atoms with E-state index in [4.69, 9.17) is 0 Å². The number of hydrogen-bond donors (Lipinski definition) is 1. The Bertz CT molecular complexity index is 937. The number of rotatable bonds is 3. The molecule has 4 rings (SSSR count). The van der Waals surface area contributed by atoms with Crippen LogP contribution in [0.1, 0.15) is 25.3 Å². The molecule has 2 heterocycles. The second-order valence-corrected chi connectivity index (χ2v) is 8.76. The molecule has 1 spiro atoms. The fraction of sp³-hybridized carbons (Fsp3) is 0.333. The molecule has 28 heavy (non-hydrogen) atoms. The molecule has 2 aliphatic heterocycles. The molecule has 2 aromatic rings. The first kappa shape index (κ1) is 19.3. The summed E-state index contributed by atoms with van der Waals surface area (Å²) in [5.41, 5.74) is 0.677. The second-order valence-electron chi connectivity index (χ2n) is 7.51. The summed E-state index contributed by atoms with van der Waals surface area (Å²) in [5, 5.41) is 2.44. The highest BCUT2D eigenvalue weighted by Crippen LogP contribution is 2.39. The lowest BCUT2D eigenvalue weighted by Gasteiger charge is -2.45. The lowest BCUT2D eigenvalue weighted by Crippen LogP contribution is -2.59. The molecule has 2 saturated heterocycles. The van der Waals surface area contributed by atoms with Crippen molar-refractivity contribution in [1.29, 1.82) is 0 Å². The highest BCUT2D eigenvalue weighted by atomic mass is 127. The summed E-state index contributed by atoms with van der Waals surface area (Å²) >= 11 is 2.30. The van der Waals surface area contributed by atoms with Gasteiger partial charge in [0.1, 0.15) is 11.4 Å². The molecule has 0 saturated carbocycles. The van der Waals surface area contributed by atoms with E-state index in [2.05, 4.69) is 57.9 Å². The molecule has 0 unspecified atom stereocenters. The van der Waals surface area contributed by atoms with Gasteiger partial charge < -0.3 is 0 Å². The third-order valence-corrected chi connectivity index (χ3v) is 6.36. The summed E-state index contributed by atoms with van der Waals surface area (Å²) < 4.78 is 15.0. The van der Waals surface area contributed by atoms with Crippen LogP contribution in [0.25, 0.3) is 0 Å². The zero-order valence-electron chi connectivity index (χ0n) is 15.5. The Hall–Kier alpha value is -2.00. The van der Waals surface area contributed by atoms with Gasteiger partial charge in [0.15, 0.2) is 0 Å². The monoisotopic (exact) mass is 493 g/mol. The van der Waals surface area contributed by atoms with Crippen LogP contribution in [0.15, 0.2) is 48.5 Å². The van der Waals surface area contributed by atoms with Crippen molar-refractivity contribution in [2.75, 3.05) is 11.4 Å². The van der Waals surface area contributed by atoms with Gasteiger partial charge in [0.05, 0.1) is 0 Å². The molecule has 0 bridgehead atoms. The highest BCUT2D eigenvalue weighted by Gasteiger charge is 2.56. The Kier molecular flexibility index (Phi) is 5.13. The third kappa shape index (κ3) is 3.41. The Balaban J connectivity index is 1.59. The van der Waals surface area contributed by atoms with Gasteiger partial charge in [-0.2, -0.15) is 0 Å². The summed E-state index contributed by atoms with van der Waals surface area (Å²) in [7, 11) is 0. The number of piperidine rings is 1. The predicted octanol–water partition coefficient (Wildman–Crippen LogP) is 3.91. The number of imide groups is 1. The molecule has 7 heteroatoms. The quantitative estimate of drug-likeness (QED) is 0.522. The fourth-order valence-corrected chi connectivity index (χ4v) is 4.94. The van der Waals surface area contributed by atoms with Gasteiger partial charge in [-0.15, -0.1) is 0 Å². The molecular weight excluding hydrogens is 472 g/mol. The van der Waals surface area contributed by atoms with Crippen molar-refractivity contribution in [3.05, 3.63) is 63.5 Å². The molecule has 1 N–H and O–H groups in total. The molecule has 2 atom stereocenters. The first-order valence-electron chi connectivity index (χ1n) is 9.29.